The summed E-state index contributed by atoms with van der Waals surface area (Å²) >= 11 is 5.71. The van der Waals surface area contributed by atoms with E-state index in [1.807, 2.05) is 18.3 Å². The molecule has 0 spiro atoms. The lowest BCUT2D eigenvalue weighted by atomic mass is 10.0. The molecule has 2 aromatic heterocycles. The highest BCUT2D eigenvalue weighted by molar-refractivity contribution is 7.80. The SMILES string of the molecule is Cn1cccc1C1C(c2ccccn2)NC(=S)N1CCN1CCOCC1. The van der Waals surface area contributed by atoms with Gasteiger partial charge in [-0.3, -0.25) is 9.88 Å². The summed E-state index contributed by atoms with van der Waals surface area (Å²) in [7, 11) is 2.09. The molecule has 2 aliphatic heterocycles. The monoisotopic (exact) mass is 371 g/mol. The van der Waals surface area contributed by atoms with Crippen molar-refractivity contribution >= 4 is 17.3 Å². The topological polar surface area (TPSA) is 45.6 Å². The molecule has 4 rings (SSSR count). The van der Waals surface area contributed by atoms with Gasteiger partial charge < -0.3 is 19.5 Å². The fourth-order valence-electron chi connectivity index (χ4n) is 3.82. The summed E-state index contributed by atoms with van der Waals surface area (Å²) in [6.45, 7) is 5.51. The number of aromatic nitrogens is 2. The van der Waals surface area contributed by atoms with E-state index in [0.717, 1.165) is 50.2 Å². The lowest BCUT2D eigenvalue weighted by molar-refractivity contribution is 0.0349. The second kappa shape index (κ2) is 7.73. The molecule has 138 valence electrons. The quantitative estimate of drug-likeness (QED) is 0.808. The maximum absolute atomic E-state index is 5.71. The van der Waals surface area contributed by atoms with Crippen molar-refractivity contribution in [3.63, 3.8) is 0 Å². The van der Waals surface area contributed by atoms with Crippen LogP contribution in [0.5, 0.6) is 0 Å². The second-order valence-electron chi connectivity index (χ2n) is 6.82. The highest BCUT2D eigenvalue weighted by Crippen LogP contribution is 2.38. The molecule has 0 bridgehead atoms. The van der Waals surface area contributed by atoms with Gasteiger partial charge in [0.2, 0.25) is 0 Å². The van der Waals surface area contributed by atoms with Gasteiger partial charge in [0.15, 0.2) is 5.11 Å². The van der Waals surface area contributed by atoms with E-state index in [1.165, 1.54) is 5.69 Å². The van der Waals surface area contributed by atoms with Gasteiger partial charge in [-0.15, -0.1) is 0 Å². The van der Waals surface area contributed by atoms with Crippen LogP contribution in [0.3, 0.4) is 0 Å². The van der Waals surface area contributed by atoms with Crippen molar-refractivity contribution < 1.29 is 4.74 Å². The van der Waals surface area contributed by atoms with Crippen LogP contribution in [0.2, 0.25) is 0 Å². The van der Waals surface area contributed by atoms with Gasteiger partial charge >= 0.3 is 0 Å². The average molecular weight is 372 g/mol. The molecule has 2 unspecified atom stereocenters. The first-order valence-electron chi connectivity index (χ1n) is 9.13. The minimum Gasteiger partial charge on any atom is -0.379 e. The largest absolute Gasteiger partial charge is 0.379 e. The molecule has 2 aliphatic rings. The maximum Gasteiger partial charge on any atom is 0.170 e. The molecule has 2 aromatic rings. The Hall–Kier alpha value is -1.96. The van der Waals surface area contributed by atoms with Crippen LogP contribution in [0.1, 0.15) is 23.5 Å². The van der Waals surface area contributed by atoms with Crippen LogP contribution < -0.4 is 5.32 Å². The predicted molar refractivity (Wildman–Crippen MR) is 105 cm³/mol. The van der Waals surface area contributed by atoms with Crippen molar-refractivity contribution in [2.45, 2.75) is 12.1 Å². The number of hydrogen-bond donors (Lipinski definition) is 1. The summed E-state index contributed by atoms with van der Waals surface area (Å²) in [6.07, 6.45) is 3.94. The Morgan fingerprint density at radius 2 is 2.04 bits per heavy atom. The highest BCUT2D eigenvalue weighted by Gasteiger charge is 2.40. The molecular formula is C19H25N5OS. The smallest absolute Gasteiger partial charge is 0.170 e. The molecule has 6 nitrogen and oxygen atoms in total. The van der Waals surface area contributed by atoms with E-state index < -0.39 is 0 Å². The molecule has 2 fully saturated rings. The van der Waals surface area contributed by atoms with Gasteiger partial charge in [-0.05, 0) is 36.5 Å². The molecule has 7 heteroatoms. The van der Waals surface area contributed by atoms with Gasteiger partial charge in [-0.25, -0.2) is 0 Å². The molecule has 0 amide bonds. The van der Waals surface area contributed by atoms with E-state index >= 15 is 0 Å². The number of aryl methyl sites for hydroxylation is 1. The van der Waals surface area contributed by atoms with Gasteiger partial charge in [0.25, 0.3) is 0 Å². The number of nitrogens with zero attached hydrogens (tertiary/aromatic N) is 4. The van der Waals surface area contributed by atoms with Crippen LogP contribution in [0.25, 0.3) is 0 Å². The van der Waals surface area contributed by atoms with Crippen LogP contribution in [-0.4, -0.2) is 63.9 Å². The van der Waals surface area contributed by atoms with Crippen molar-refractivity contribution in [3.05, 3.63) is 54.1 Å². The Bertz CT molecular complexity index is 743. The lowest BCUT2D eigenvalue weighted by Gasteiger charge is -2.32. The van der Waals surface area contributed by atoms with Gasteiger partial charge in [-0.2, -0.15) is 0 Å². The molecule has 0 radical (unpaired) electrons. The fourth-order valence-corrected chi connectivity index (χ4v) is 4.16. The molecular weight excluding hydrogens is 346 g/mol. The van der Waals surface area contributed by atoms with Crippen LogP contribution in [0.15, 0.2) is 42.7 Å². The summed E-state index contributed by atoms with van der Waals surface area (Å²) in [4.78, 5) is 9.35. The van der Waals surface area contributed by atoms with Crippen LogP contribution in [0, 0.1) is 0 Å². The first-order valence-corrected chi connectivity index (χ1v) is 9.54. The summed E-state index contributed by atoms with van der Waals surface area (Å²) in [5.74, 6) is 0. The summed E-state index contributed by atoms with van der Waals surface area (Å²) < 4.78 is 7.64. The molecule has 2 atom stereocenters. The van der Waals surface area contributed by atoms with Crippen molar-refractivity contribution in [2.24, 2.45) is 7.05 Å². The number of pyridine rings is 1. The zero-order valence-electron chi connectivity index (χ0n) is 15.0. The molecule has 2 saturated heterocycles. The predicted octanol–water partition coefficient (Wildman–Crippen LogP) is 1.72. The van der Waals surface area contributed by atoms with Gasteiger partial charge in [-0.1, -0.05) is 6.07 Å². The Morgan fingerprint density at radius 1 is 1.19 bits per heavy atom. The third-order valence-corrected chi connectivity index (χ3v) is 5.60. The number of ether oxygens (including phenoxy) is 1. The standard InChI is InChI=1S/C19H25N5OS/c1-22-8-4-6-16(22)18-17(15-5-2-3-7-20-15)21-19(26)24(18)10-9-23-11-13-25-14-12-23/h2-8,17-18H,9-14H2,1H3,(H,21,26). The Balaban J connectivity index is 1.59. The maximum atomic E-state index is 5.71. The molecule has 0 aliphatic carbocycles. The summed E-state index contributed by atoms with van der Waals surface area (Å²) in [5.41, 5.74) is 2.27. The number of rotatable bonds is 5. The van der Waals surface area contributed by atoms with Gasteiger partial charge in [0.05, 0.1) is 31.0 Å². The number of thiocarbonyl (C=S) groups is 1. The first-order chi connectivity index (χ1) is 12.7. The van der Waals surface area contributed by atoms with Gasteiger partial charge in [0.1, 0.15) is 0 Å². The van der Waals surface area contributed by atoms with E-state index in [-0.39, 0.29) is 12.1 Å². The molecule has 0 aromatic carbocycles. The third kappa shape index (κ3) is 3.47. The van der Waals surface area contributed by atoms with Crippen LogP contribution >= 0.6 is 12.2 Å². The van der Waals surface area contributed by atoms with Crippen LogP contribution in [-0.2, 0) is 11.8 Å². The van der Waals surface area contributed by atoms with Crippen molar-refractivity contribution in [1.82, 2.24) is 24.7 Å². The number of morpholine rings is 1. The van der Waals surface area contributed by atoms with E-state index in [2.05, 4.69) is 56.1 Å². The Kier molecular flexibility index (Phi) is 5.19. The Labute approximate surface area is 159 Å². The van der Waals surface area contributed by atoms with Crippen LogP contribution in [0.4, 0.5) is 0 Å². The zero-order chi connectivity index (χ0) is 17.9. The number of nitrogens with one attached hydrogen (secondary N) is 1. The third-order valence-electron chi connectivity index (χ3n) is 5.25. The summed E-state index contributed by atoms with van der Waals surface area (Å²) in [6, 6.07) is 10.5. The van der Waals surface area contributed by atoms with Crippen molar-refractivity contribution in [3.8, 4) is 0 Å². The molecule has 26 heavy (non-hydrogen) atoms. The average Bonchev–Trinajstić information content (AvgIpc) is 3.24. The highest BCUT2D eigenvalue weighted by atomic mass is 32.1. The second-order valence-corrected chi connectivity index (χ2v) is 7.20. The Morgan fingerprint density at radius 3 is 2.73 bits per heavy atom. The van der Waals surface area contributed by atoms with Crippen molar-refractivity contribution in [1.29, 1.82) is 0 Å². The molecule has 4 heterocycles. The zero-order valence-corrected chi connectivity index (χ0v) is 15.9. The number of hydrogen-bond acceptors (Lipinski definition) is 4. The summed E-state index contributed by atoms with van der Waals surface area (Å²) in [5, 5.41) is 4.32. The normalized spacial score (nSPS) is 24.0. The van der Waals surface area contributed by atoms with E-state index in [1.54, 1.807) is 0 Å². The van der Waals surface area contributed by atoms with E-state index in [0.29, 0.717) is 0 Å². The molecule has 0 saturated carbocycles. The fraction of sp³-hybridized carbons (Fsp3) is 0.474. The van der Waals surface area contributed by atoms with E-state index in [9.17, 15) is 0 Å². The van der Waals surface area contributed by atoms with E-state index in [4.69, 9.17) is 17.0 Å². The minimum absolute atomic E-state index is 0.0574. The lowest BCUT2D eigenvalue weighted by Crippen LogP contribution is -2.42. The van der Waals surface area contributed by atoms with Crippen molar-refractivity contribution in [2.75, 3.05) is 39.4 Å². The minimum atomic E-state index is 0.0574. The molecule has 1 N–H and O–H groups in total. The first kappa shape index (κ1) is 17.5. The van der Waals surface area contributed by atoms with Gasteiger partial charge in [0, 0.05) is 51.3 Å².